The van der Waals surface area contributed by atoms with Gasteiger partial charge in [0.05, 0.1) is 7.11 Å². The Morgan fingerprint density at radius 1 is 1.42 bits per heavy atom. The molecule has 0 heterocycles. The Kier molecular flexibility index (Phi) is 7.30. The second-order valence-electron chi connectivity index (χ2n) is 5.12. The van der Waals surface area contributed by atoms with Gasteiger partial charge >= 0.3 is 0 Å². The molecule has 24 heavy (non-hydrogen) atoms. The zero-order valence-electron chi connectivity index (χ0n) is 14.0. The SMILES string of the molecule is CC[C@@H](C)NC(=O)/C(C#N)=C/c1ccc(OCC(N)=O)c(OC)c1. The molecule has 0 fully saturated rings. The van der Waals surface area contributed by atoms with Crippen molar-refractivity contribution in [2.45, 2.75) is 26.3 Å². The summed E-state index contributed by atoms with van der Waals surface area (Å²) in [6.45, 7) is 3.53. The van der Waals surface area contributed by atoms with Gasteiger partial charge in [-0.15, -0.1) is 0 Å². The van der Waals surface area contributed by atoms with Crippen LogP contribution in [0.1, 0.15) is 25.8 Å². The molecule has 128 valence electrons. The number of nitrogens with zero attached hydrogens (tertiary/aromatic N) is 1. The summed E-state index contributed by atoms with van der Waals surface area (Å²) in [5, 5.41) is 11.9. The van der Waals surface area contributed by atoms with Crippen LogP contribution in [0, 0.1) is 11.3 Å². The fourth-order valence-electron chi connectivity index (χ4n) is 1.76. The Bertz CT molecular complexity index is 677. The van der Waals surface area contributed by atoms with Gasteiger partial charge in [-0.1, -0.05) is 13.0 Å². The monoisotopic (exact) mass is 331 g/mol. The molecule has 7 heteroatoms. The van der Waals surface area contributed by atoms with E-state index in [1.807, 2.05) is 19.9 Å². The molecule has 0 aliphatic carbocycles. The number of nitrogens with two attached hydrogens (primary N) is 1. The molecule has 2 amide bonds. The second kappa shape index (κ2) is 9.20. The maximum Gasteiger partial charge on any atom is 0.262 e. The zero-order chi connectivity index (χ0) is 18.1. The summed E-state index contributed by atoms with van der Waals surface area (Å²) >= 11 is 0. The van der Waals surface area contributed by atoms with Crippen LogP contribution in [-0.4, -0.2) is 31.6 Å². The number of carbonyl (C=O) groups excluding carboxylic acids is 2. The summed E-state index contributed by atoms with van der Waals surface area (Å²) in [7, 11) is 1.45. The number of hydrogen-bond donors (Lipinski definition) is 2. The van der Waals surface area contributed by atoms with E-state index in [0.29, 0.717) is 17.1 Å². The maximum atomic E-state index is 12.0. The first-order valence-electron chi connectivity index (χ1n) is 7.43. The van der Waals surface area contributed by atoms with E-state index in [-0.39, 0.29) is 18.2 Å². The van der Waals surface area contributed by atoms with E-state index >= 15 is 0 Å². The number of primary amides is 1. The Morgan fingerprint density at radius 3 is 2.67 bits per heavy atom. The number of carbonyl (C=O) groups is 2. The van der Waals surface area contributed by atoms with Crippen LogP contribution in [0.4, 0.5) is 0 Å². The van der Waals surface area contributed by atoms with E-state index in [0.717, 1.165) is 6.42 Å². The fraction of sp³-hybridized carbons (Fsp3) is 0.353. The third-order valence-electron chi connectivity index (χ3n) is 3.22. The third kappa shape index (κ3) is 5.65. The zero-order valence-corrected chi connectivity index (χ0v) is 14.0. The highest BCUT2D eigenvalue weighted by Gasteiger charge is 2.12. The predicted octanol–water partition coefficient (Wildman–Crippen LogP) is 1.38. The van der Waals surface area contributed by atoms with Gasteiger partial charge in [0.25, 0.3) is 11.8 Å². The van der Waals surface area contributed by atoms with Crippen LogP contribution in [-0.2, 0) is 9.59 Å². The van der Waals surface area contributed by atoms with E-state index in [2.05, 4.69) is 5.32 Å². The van der Waals surface area contributed by atoms with Gasteiger partial charge < -0.3 is 20.5 Å². The van der Waals surface area contributed by atoms with E-state index < -0.39 is 11.8 Å². The first kappa shape index (κ1) is 19.0. The molecule has 1 aromatic carbocycles. The van der Waals surface area contributed by atoms with Crippen molar-refractivity contribution in [3.05, 3.63) is 29.3 Å². The van der Waals surface area contributed by atoms with Crippen molar-refractivity contribution < 1.29 is 19.1 Å². The van der Waals surface area contributed by atoms with Gasteiger partial charge in [0.1, 0.15) is 11.6 Å². The van der Waals surface area contributed by atoms with Crippen LogP contribution in [0.2, 0.25) is 0 Å². The molecule has 1 rings (SSSR count). The van der Waals surface area contributed by atoms with E-state index in [1.165, 1.54) is 13.2 Å². The van der Waals surface area contributed by atoms with Gasteiger partial charge in [-0.05, 0) is 37.1 Å². The molecule has 1 atom stereocenters. The number of methoxy groups -OCH3 is 1. The number of amides is 2. The van der Waals surface area contributed by atoms with Crippen molar-refractivity contribution in [3.8, 4) is 17.6 Å². The van der Waals surface area contributed by atoms with Crippen LogP contribution < -0.4 is 20.5 Å². The van der Waals surface area contributed by atoms with Crippen molar-refractivity contribution in [2.75, 3.05) is 13.7 Å². The molecule has 1 aromatic rings. The average Bonchev–Trinajstić information content (AvgIpc) is 2.57. The molecule has 7 nitrogen and oxygen atoms in total. The van der Waals surface area contributed by atoms with Gasteiger partial charge in [-0.2, -0.15) is 5.26 Å². The molecular formula is C17H21N3O4. The van der Waals surface area contributed by atoms with E-state index in [1.54, 1.807) is 18.2 Å². The predicted molar refractivity (Wildman–Crippen MR) is 89.2 cm³/mol. The molecule has 0 radical (unpaired) electrons. The van der Waals surface area contributed by atoms with Gasteiger partial charge in [0, 0.05) is 6.04 Å². The standard InChI is InChI=1S/C17H21N3O4/c1-4-11(2)20-17(22)13(9-18)7-12-5-6-14(15(8-12)23-3)24-10-16(19)21/h5-8,11H,4,10H2,1-3H3,(H2,19,21)(H,20,22)/b13-7+/t11-/m1/s1. The minimum absolute atomic E-state index is 0.0110. The molecule has 0 bridgehead atoms. The minimum Gasteiger partial charge on any atom is -0.493 e. The van der Waals surface area contributed by atoms with Gasteiger partial charge in [-0.25, -0.2) is 0 Å². The number of ether oxygens (including phenoxy) is 2. The van der Waals surface area contributed by atoms with Crippen LogP contribution in [0.25, 0.3) is 6.08 Å². The summed E-state index contributed by atoms with van der Waals surface area (Å²) in [4.78, 5) is 22.8. The maximum absolute atomic E-state index is 12.0. The van der Waals surface area contributed by atoms with Crippen molar-refractivity contribution in [1.29, 1.82) is 5.26 Å². The lowest BCUT2D eigenvalue weighted by molar-refractivity contribution is -0.120. The number of hydrogen-bond acceptors (Lipinski definition) is 5. The lowest BCUT2D eigenvalue weighted by Crippen LogP contribution is -2.32. The van der Waals surface area contributed by atoms with E-state index in [4.69, 9.17) is 15.2 Å². The molecule has 0 aromatic heterocycles. The van der Waals surface area contributed by atoms with Crippen LogP contribution >= 0.6 is 0 Å². The molecule has 3 N–H and O–H groups in total. The minimum atomic E-state index is -0.602. The largest absolute Gasteiger partial charge is 0.493 e. The molecule has 0 aliphatic heterocycles. The number of benzene rings is 1. The van der Waals surface area contributed by atoms with Crippen molar-refractivity contribution in [2.24, 2.45) is 5.73 Å². The Labute approximate surface area is 141 Å². The summed E-state index contributed by atoms with van der Waals surface area (Å²) in [5.41, 5.74) is 5.62. The molecule has 0 saturated carbocycles. The van der Waals surface area contributed by atoms with Crippen molar-refractivity contribution in [3.63, 3.8) is 0 Å². The van der Waals surface area contributed by atoms with E-state index in [9.17, 15) is 14.9 Å². The highest BCUT2D eigenvalue weighted by atomic mass is 16.5. The Balaban J connectivity index is 3.01. The lowest BCUT2D eigenvalue weighted by Gasteiger charge is -2.11. The Morgan fingerprint density at radius 2 is 2.12 bits per heavy atom. The normalized spacial score (nSPS) is 12.0. The average molecular weight is 331 g/mol. The van der Waals surface area contributed by atoms with Crippen molar-refractivity contribution >= 4 is 17.9 Å². The second-order valence-corrected chi connectivity index (χ2v) is 5.12. The Hall–Kier alpha value is -3.01. The molecule has 0 spiro atoms. The van der Waals surface area contributed by atoms with Crippen LogP contribution in [0.3, 0.4) is 0 Å². The van der Waals surface area contributed by atoms with Gasteiger partial charge in [-0.3, -0.25) is 9.59 Å². The topological polar surface area (TPSA) is 114 Å². The highest BCUT2D eigenvalue weighted by molar-refractivity contribution is 6.01. The smallest absolute Gasteiger partial charge is 0.262 e. The summed E-state index contributed by atoms with van der Waals surface area (Å²) in [6, 6.07) is 6.69. The molecular weight excluding hydrogens is 310 g/mol. The quantitative estimate of drug-likeness (QED) is 0.552. The van der Waals surface area contributed by atoms with Crippen LogP contribution in [0.15, 0.2) is 23.8 Å². The fourth-order valence-corrected chi connectivity index (χ4v) is 1.76. The highest BCUT2D eigenvalue weighted by Crippen LogP contribution is 2.28. The van der Waals surface area contributed by atoms with Crippen LogP contribution in [0.5, 0.6) is 11.5 Å². The van der Waals surface area contributed by atoms with Gasteiger partial charge in [0.2, 0.25) is 0 Å². The molecule has 0 unspecified atom stereocenters. The number of nitrogens with one attached hydrogen (secondary N) is 1. The summed E-state index contributed by atoms with van der Waals surface area (Å²) in [5.74, 6) is -0.324. The first-order valence-corrected chi connectivity index (χ1v) is 7.43. The summed E-state index contributed by atoms with van der Waals surface area (Å²) < 4.78 is 10.4. The molecule has 0 aliphatic rings. The summed E-state index contributed by atoms with van der Waals surface area (Å²) in [6.07, 6.45) is 2.22. The van der Waals surface area contributed by atoms with Gasteiger partial charge in [0.15, 0.2) is 18.1 Å². The third-order valence-corrected chi connectivity index (χ3v) is 3.22. The number of nitriles is 1. The number of rotatable bonds is 8. The lowest BCUT2D eigenvalue weighted by atomic mass is 10.1. The molecule has 0 saturated heterocycles. The van der Waals surface area contributed by atoms with Crippen molar-refractivity contribution in [1.82, 2.24) is 5.32 Å². The first-order chi connectivity index (χ1) is 11.4.